The number of rotatable bonds is 5. The number of amides is 2. The van der Waals surface area contributed by atoms with Crippen molar-refractivity contribution in [2.45, 2.75) is 45.1 Å². The van der Waals surface area contributed by atoms with Crippen molar-refractivity contribution in [3.05, 3.63) is 30.1 Å². The maximum absolute atomic E-state index is 13.0. The van der Waals surface area contributed by atoms with Crippen molar-refractivity contribution in [2.75, 3.05) is 38.5 Å². The van der Waals surface area contributed by atoms with E-state index in [4.69, 9.17) is 0 Å². The quantitative estimate of drug-likeness (QED) is 0.722. The summed E-state index contributed by atoms with van der Waals surface area (Å²) < 4.78 is 30.7. The number of aromatic nitrogens is 4. The third-order valence-electron chi connectivity index (χ3n) is 6.27. The predicted molar refractivity (Wildman–Crippen MR) is 120 cm³/mol. The van der Waals surface area contributed by atoms with Crippen LogP contribution < -0.4 is 5.32 Å². The molecule has 0 radical (unpaired) electrons. The van der Waals surface area contributed by atoms with Gasteiger partial charge >= 0.3 is 6.03 Å². The summed E-state index contributed by atoms with van der Waals surface area (Å²) in [6, 6.07) is 7.07. The molecular weight excluding hydrogens is 432 g/mol. The first-order chi connectivity index (χ1) is 15.4. The van der Waals surface area contributed by atoms with Crippen LogP contribution in [0.4, 0.5) is 10.5 Å². The molecule has 11 nitrogen and oxygen atoms in total. The molecule has 2 heterocycles. The molecule has 2 fully saturated rings. The second kappa shape index (κ2) is 9.51. The number of carbonyl (C=O) groups is 1. The number of piperazine rings is 1. The number of nitrogens with one attached hydrogen (secondary N) is 1. The van der Waals surface area contributed by atoms with Gasteiger partial charge in [-0.3, -0.25) is 0 Å². The van der Waals surface area contributed by atoms with Crippen molar-refractivity contribution in [3.63, 3.8) is 0 Å². The number of carbonyl (C=O) groups excluding carboxylic acids is 1. The van der Waals surface area contributed by atoms with E-state index < -0.39 is 10.2 Å². The molecule has 1 N–H and O–H groups in total. The van der Waals surface area contributed by atoms with Crippen LogP contribution in [-0.2, 0) is 10.2 Å². The molecule has 1 saturated carbocycles. The Labute approximate surface area is 188 Å². The highest BCUT2D eigenvalue weighted by atomic mass is 32.2. The zero-order valence-corrected chi connectivity index (χ0v) is 19.3. The second-order valence-electron chi connectivity index (χ2n) is 8.32. The summed E-state index contributed by atoms with van der Waals surface area (Å²) in [4.78, 5) is 14.4. The molecule has 32 heavy (non-hydrogen) atoms. The Kier molecular flexibility index (Phi) is 6.72. The molecule has 1 aliphatic carbocycles. The van der Waals surface area contributed by atoms with Gasteiger partial charge in [-0.2, -0.15) is 21.7 Å². The molecule has 12 heteroatoms. The van der Waals surface area contributed by atoms with Crippen molar-refractivity contribution in [3.8, 4) is 5.69 Å². The van der Waals surface area contributed by atoms with Crippen LogP contribution in [-0.4, -0.2) is 87.4 Å². The van der Waals surface area contributed by atoms with Gasteiger partial charge in [0, 0.05) is 45.0 Å². The monoisotopic (exact) mass is 462 g/mol. The number of urea groups is 1. The highest BCUT2D eigenvalue weighted by Crippen LogP contribution is 2.25. The Bertz CT molecular complexity index is 1040. The topological polar surface area (TPSA) is 117 Å². The number of aryl methyl sites for hydroxylation is 1. The lowest BCUT2D eigenvalue weighted by Crippen LogP contribution is -2.55. The number of hydrogen-bond donors (Lipinski definition) is 1. The first-order valence-electron chi connectivity index (χ1n) is 11.0. The molecule has 2 aromatic rings. The lowest BCUT2D eigenvalue weighted by Gasteiger charge is -2.38. The Hall–Kier alpha value is -2.57. The first kappa shape index (κ1) is 22.6. The zero-order valence-electron chi connectivity index (χ0n) is 18.5. The minimum atomic E-state index is -3.52. The predicted octanol–water partition coefficient (Wildman–Crippen LogP) is 1.63. The van der Waals surface area contributed by atoms with E-state index in [1.807, 2.05) is 12.1 Å². The van der Waals surface area contributed by atoms with Gasteiger partial charge < -0.3 is 10.2 Å². The highest BCUT2D eigenvalue weighted by molar-refractivity contribution is 7.86. The smallest absolute Gasteiger partial charge is 0.321 e. The van der Waals surface area contributed by atoms with Gasteiger partial charge in [-0.25, -0.2) is 4.79 Å². The van der Waals surface area contributed by atoms with Crippen LogP contribution in [0.25, 0.3) is 5.69 Å². The number of tetrazole rings is 1. The molecule has 1 aromatic heterocycles. The van der Waals surface area contributed by atoms with Crippen molar-refractivity contribution >= 4 is 21.9 Å². The maximum Gasteiger partial charge on any atom is 0.321 e. The summed E-state index contributed by atoms with van der Waals surface area (Å²) in [7, 11) is -1.83. The molecular formula is C20H30N8O3S. The van der Waals surface area contributed by atoms with Gasteiger partial charge in [-0.15, -0.1) is 5.10 Å². The SMILES string of the molecule is Cc1nnnn1-c1cccc(NC(=O)N2CCN(S(=O)(=O)N(C)C3CCCCC3)CC2)c1. The Morgan fingerprint density at radius 3 is 2.50 bits per heavy atom. The van der Waals surface area contributed by atoms with Crippen molar-refractivity contribution in [2.24, 2.45) is 0 Å². The standard InChI is InChI=1S/C20H30N8O3S/c1-16-22-23-24-28(16)19-10-6-7-17(15-19)21-20(29)26-11-13-27(14-12-26)32(30,31)25(2)18-8-4-3-5-9-18/h6-7,10,15,18H,3-5,8-9,11-14H2,1-2H3,(H,21,29). The molecule has 2 aliphatic rings. The molecule has 1 saturated heterocycles. The van der Waals surface area contributed by atoms with Crippen LogP contribution in [0.3, 0.4) is 0 Å². The van der Waals surface area contributed by atoms with Gasteiger partial charge in [-0.05, 0) is 48.4 Å². The third-order valence-corrected chi connectivity index (χ3v) is 8.32. The zero-order chi connectivity index (χ0) is 22.7. The Balaban J connectivity index is 1.34. The minimum Gasteiger partial charge on any atom is -0.322 e. The van der Waals surface area contributed by atoms with Crippen molar-refractivity contribution in [1.29, 1.82) is 0 Å². The summed E-state index contributed by atoms with van der Waals surface area (Å²) in [6.07, 6.45) is 5.17. The summed E-state index contributed by atoms with van der Waals surface area (Å²) in [5.41, 5.74) is 1.36. The number of hydrogen-bond acceptors (Lipinski definition) is 6. The lowest BCUT2D eigenvalue weighted by molar-refractivity contribution is 0.178. The van der Waals surface area contributed by atoms with Crippen molar-refractivity contribution in [1.82, 2.24) is 33.7 Å². The van der Waals surface area contributed by atoms with E-state index in [9.17, 15) is 13.2 Å². The van der Waals surface area contributed by atoms with Gasteiger partial charge in [0.05, 0.1) is 5.69 Å². The number of benzene rings is 1. The lowest BCUT2D eigenvalue weighted by atomic mass is 9.96. The largest absolute Gasteiger partial charge is 0.322 e. The van der Waals surface area contributed by atoms with Gasteiger partial charge in [0.25, 0.3) is 10.2 Å². The molecule has 0 spiro atoms. The normalized spacial score (nSPS) is 18.8. The molecule has 1 aliphatic heterocycles. The summed E-state index contributed by atoms with van der Waals surface area (Å²) >= 11 is 0. The van der Waals surface area contributed by atoms with Gasteiger partial charge in [0.15, 0.2) is 5.82 Å². The fraction of sp³-hybridized carbons (Fsp3) is 0.600. The Morgan fingerprint density at radius 2 is 1.84 bits per heavy atom. The van der Waals surface area contributed by atoms with E-state index in [1.54, 1.807) is 35.7 Å². The molecule has 1 aromatic carbocycles. The molecule has 174 valence electrons. The first-order valence-corrected chi connectivity index (χ1v) is 12.4. The average molecular weight is 463 g/mol. The van der Waals surface area contributed by atoms with E-state index in [2.05, 4.69) is 20.8 Å². The van der Waals surface area contributed by atoms with Crippen LogP contribution in [0, 0.1) is 6.92 Å². The van der Waals surface area contributed by atoms with Crippen LogP contribution in [0.15, 0.2) is 24.3 Å². The van der Waals surface area contributed by atoms with Gasteiger partial charge in [0.1, 0.15) is 0 Å². The van der Waals surface area contributed by atoms with E-state index in [0.717, 1.165) is 31.4 Å². The number of nitrogens with zero attached hydrogens (tertiary/aromatic N) is 7. The summed E-state index contributed by atoms with van der Waals surface area (Å²) in [5, 5.41) is 14.3. The third kappa shape index (κ3) is 4.76. The van der Waals surface area contributed by atoms with Crippen molar-refractivity contribution < 1.29 is 13.2 Å². The fourth-order valence-electron chi connectivity index (χ4n) is 4.33. The molecule has 0 unspecified atom stereocenters. The molecule has 2 amide bonds. The van der Waals surface area contributed by atoms with E-state index in [-0.39, 0.29) is 25.2 Å². The maximum atomic E-state index is 13.0. The van der Waals surface area contributed by atoms with Crippen LogP contribution in [0.2, 0.25) is 0 Å². The van der Waals surface area contributed by atoms with Crippen LogP contribution in [0.5, 0.6) is 0 Å². The fourth-order valence-corrected chi connectivity index (χ4v) is 5.90. The second-order valence-corrected chi connectivity index (χ2v) is 10.3. The van der Waals surface area contributed by atoms with Crippen LogP contribution in [0.1, 0.15) is 37.9 Å². The van der Waals surface area contributed by atoms with Gasteiger partial charge in [-0.1, -0.05) is 25.3 Å². The average Bonchev–Trinajstić information content (AvgIpc) is 3.25. The molecule has 4 rings (SSSR count). The van der Waals surface area contributed by atoms with E-state index in [0.29, 0.717) is 24.6 Å². The minimum absolute atomic E-state index is 0.0752. The van der Waals surface area contributed by atoms with Gasteiger partial charge in [0.2, 0.25) is 0 Å². The summed E-state index contributed by atoms with van der Waals surface area (Å²) in [5.74, 6) is 0.643. The number of anilines is 1. The van der Waals surface area contributed by atoms with E-state index in [1.165, 1.54) is 15.0 Å². The summed E-state index contributed by atoms with van der Waals surface area (Å²) in [6.45, 7) is 3.06. The van der Waals surface area contributed by atoms with Crippen LogP contribution >= 0.6 is 0 Å². The molecule has 0 bridgehead atoms. The van der Waals surface area contributed by atoms with E-state index >= 15 is 0 Å². The Morgan fingerprint density at radius 1 is 1.12 bits per heavy atom. The highest BCUT2D eigenvalue weighted by Gasteiger charge is 2.35. The molecule has 0 atom stereocenters.